The number of rotatable bonds is 6. The summed E-state index contributed by atoms with van der Waals surface area (Å²) in [7, 11) is 5.15. The van der Waals surface area contributed by atoms with Crippen molar-refractivity contribution in [2.75, 3.05) is 31.0 Å². The number of hydrogen-bond acceptors (Lipinski definition) is 6. The molecule has 2 aromatic carbocycles. The van der Waals surface area contributed by atoms with Gasteiger partial charge in [-0.3, -0.25) is 9.69 Å². The van der Waals surface area contributed by atoms with Crippen LogP contribution in [0.2, 0.25) is 10.0 Å². The van der Waals surface area contributed by atoms with Gasteiger partial charge in [0, 0.05) is 32.0 Å². The van der Waals surface area contributed by atoms with Gasteiger partial charge in [-0.05, 0) is 49.7 Å². The molecule has 0 spiro atoms. The van der Waals surface area contributed by atoms with Gasteiger partial charge in [-0.1, -0.05) is 29.3 Å². The van der Waals surface area contributed by atoms with Crippen molar-refractivity contribution in [2.45, 2.75) is 32.4 Å². The zero-order valence-electron chi connectivity index (χ0n) is 22.4. The zero-order valence-corrected chi connectivity index (χ0v) is 23.9. The molecular formula is C28H26Cl2F2N6O2. The number of imidazole rings is 1. The summed E-state index contributed by atoms with van der Waals surface area (Å²) >= 11 is 12.1. The Hall–Kier alpha value is -3.76. The van der Waals surface area contributed by atoms with Crippen LogP contribution in [0.15, 0.2) is 42.6 Å². The summed E-state index contributed by atoms with van der Waals surface area (Å²) in [6, 6.07) is 7.44. The Bertz CT molecular complexity index is 1620. The average Bonchev–Trinajstić information content (AvgIpc) is 3.29. The lowest BCUT2D eigenvalue weighted by Gasteiger charge is -2.37. The Labute approximate surface area is 240 Å². The highest BCUT2D eigenvalue weighted by molar-refractivity contribution is 6.31. The maximum Gasteiger partial charge on any atom is 0.233 e. The van der Waals surface area contributed by atoms with Gasteiger partial charge in [-0.2, -0.15) is 4.98 Å². The minimum Gasteiger partial charge on any atom is -0.480 e. The Morgan fingerprint density at radius 2 is 1.80 bits per heavy atom. The van der Waals surface area contributed by atoms with Crippen molar-refractivity contribution >= 4 is 40.7 Å². The second-order valence-corrected chi connectivity index (χ2v) is 10.6. The van der Waals surface area contributed by atoms with Crippen molar-refractivity contribution in [1.29, 1.82) is 0 Å². The van der Waals surface area contributed by atoms with Gasteiger partial charge >= 0.3 is 0 Å². The van der Waals surface area contributed by atoms with E-state index in [2.05, 4.69) is 9.97 Å². The quantitative estimate of drug-likeness (QED) is 0.265. The number of fused-ring (bicyclic) bond motifs is 1. The monoisotopic (exact) mass is 586 g/mol. The summed E-state index contributed by atoms with van der Waals surface area (Å²) in [6.45, 7) is 3.95. The van der Waals surface area contributed by atoms with Crippen LogP contribution in [0, 0.1) is 11.6 Å². The van der Waals surface area contributed by atoms with Gasteiger partial charge in [0.15, 0.2) is 0 Å². The number of anilines is 2. The van der Waals surface area contributed by atoms with Gasteiger partial charge in [0.2, 0.25) is 17.7 Å². The molecule has 0 radical (unpaired) electrons. The number of amides is 1. The Morgan fingerprint density at radius 3 is 2.42 bits per heavy atom. The van der Waals surface area contributed by atoms with Gasteiger partial charge in [-0.25, -0.2) is 18.7 Å². The highest BCUT2D eigenvalue weighted by atomic mass is 35.5. The molecule has 0 N–H and O–H groups in total. The lowest BCUT2D eigenvalue weighted by Crippen LogP contribution is -2.42. The molecule has 0 fully saturated rings. The Balaban J connectivity index is 1.80. The van der Waals surface area contributed by atoms with Crippen LogP contribution in [0.4, 0.5) is 20.4 Å². The third kappa shape index (κ3) is 4.75. The summed E-state index contributed by atoms with van der Waals surface area (Å²) in [6.07, 6.45) is 1.58. The van der Waals surface area contributed by atoms with Gasteiger partial charge in [0.05, 0.1) is 40.5 Å². The van der Waals surface area contributed by atoms with E-state index in [1.165, 1.54) is 42.3 Å². The lowest BCUT2D eigenvalue weighted by atomic mass is 9.93. The molecule has 1 atom stereocenters. The first-order chi connectivity index (χ1) is 19.0. The van der Waals surface area contributed by atoms with Crippen molar-refractivity contribution < 1.29 is 18.3 Å². The molecule has 0 bridgehead atoms. The van der Waals surface area contributed by atoms with Gasteiger partial charge in [0.25, 0.3) is 0 Å². The highest BCUT2D eigenvalue weighted by Crippen LogP contribution is 2.44. The molecular weight excluding hydrogens is 561 g/mol. The predicted octanol–water partition coefficient (Wildman–Crippen LogP) is 6.26. The highest BCUT2D eigenvalue weighted by Gasteiger charge is 2.41. The molecule has 5 rings (SSSR count). The molecule has 1 unspecified atom stereocenters. The molecule has 1 amide bonds. The van der Waals surface area contributed by atoms with Crippen molar-refractivity contribution in [1.82, 2.24) is 19.5 Å². The average molecular weight is 587 g/mol. The van der Waals surface area contributed by atoms with E-state index in [4.69, 9.17) is 32.9 Å². The largest absolute Gasteiger partial charge is 0.480 e. The molecule has 1 aliphatic heterocycles. The molecule has 0 saturated carbocycles. The molecule has 4 aromatic rings. The molecule has 208 valence electrons. The van der Waals surface area contributed by atoms with Crippen LogP contribution in [0.1, 0.15) is 42.9 Å². The van der Waals surface area contributed by atoms with E-state index in [9.17, 15) is 13.6 Å². The van der Waals surface area contributed by atoms with Crippen LogP contribution in [-0.4, -0.2) is 46.6 Å². The lowest BCUT2D eigenvalue weighted by molar-refractivity contribution is -0.118. The summed E-state index contributed by atoms with van der Waals surface area (Å²) in [5, 5.41) is -0.193. The van der Waals surface area contributed by atoms with Crippen LogP contribution in [0.25, 0.3) is 11.4 Å². The molecule has 8 nitrogen and oxygen atoms in total. The third-order valence-corrected chi connectivity index (χ3v) is 7.26. The topological polar surface area (TPSA) is 76.4 Å². The van der Waals surface area contributed by atoms with Crippen LogP contribution < -0.4 is 14.5 Å². The van der Waals surface area contributed by atoms with E-state index in [-0.39, 0.29) is 28.4 Å². The van der Waals surface area contributed by atoms with Crippen LogP contribution >= 0.6 is 23.2 Å². The van der Waals surface area contributed by atoms with Crippen molar-refractivity contribution in [3.8, 4) is 17.3 Å². The molecule has 1 aliphatic rings. The molecule has 40 heavy (non-hydrogen) atoms. The van der Waals surface area contributed by atoms with E-state index >= 15 is 0 Å². The van der Waals surface area contributed by atoms with E-state index in [0.29, 0.717) is 45.9 Å². The molecule has 3 heterocycles. The van der Waals surface area contributed by atoms with Crippen LogP contribution in [-0.2, 0) is 11.2 Å². The molecule has 12 heteroatoms. The van der Waals surface area contributed by atoms with Crippen LogP contribution in [0.5, 0.6) is 5.88 Å². The number of benzene rings is 2. The normalized spacial score (nSPS) is 15.0. The number of carbonyl (C=O) groups excluding carboxylic acids is 1. The summed E-state index contributed by atoms with van der Waals surface area (Å²) in [5.74, 6) is -0.314. The first kappa shape index (κ1) is 27.8. The van der Waals surface area contributed by atoms with E-state index in [1.807, 2.05) is 32.5 Å². The van der Waals surface area contributed by atoms with E-state index in [0.717, 1.165) is 0 Å². The first-order valence-corrected chi connectivity index (χ1v) is 13.2. The standard InChI is InChI=1S/C28H26Cl2F2N6O2/c1-14(2)37-25-22(34-26(37)17-13-33-28(36(3)4)35-27(17)40-5)12-23(39)38(16-7-9-20(31)19(30)11-16)24(25)15-6-8-18(29)21(32)10-15/h6-11,13-14,24H,12H2,1-5H3. The van der Waals surface area contributed by atoms with Crippen LogP contribution in [0.3, 0.4) is 0 Å². The minimum atomic E-state index is -0.832. The number of ether oxygens (including phenoxy) is 1. The molecule has 0 saturated heterocycles. The fraction of sp³-hybridized carbons (Fsp3) is 0.286. The predicted molar refractivity (Wildman–Crippen MR) is 150 cm³/mol. The number of halogens is 4. The molecule has 2 aromatic heterocycles. The first-order valence-electron chi connectivity index (χ1n) is 12.4. The third-order valence-electron chi connectivity index (χ3n) is 6.66. The number of nitrogens with zero attached hydrogens (tertiary/aromatic N) is 6. The number of hydrogen-bond donors (Lipinski definition) is 0. The SMILES string of the molecule is COc1nc(N(C)C)ncc1-c1nc2c(n1C(C)C)C(c1ccc(Cl)c(F)c1)N(c1ccc(F)c(Cl)c1)C(=O)C2. The minimum absolute atomic E-state index is 0.0524. The van der Waals surface area contributed by atoms with Gasteiger partial charge < -0.3 is 14.2 Å². The smallest absolute Gasteiger partial charge is 0.233 e. The summed E-state index contributed by atoms with van der Waals surface area (Å²) in [5.41, 5.74) is 2.51. The number of aromatic nitrogens is 4. The Morgan fingerprint density at radius 1 is 1.05 bits per heavy atom. The maximum absolute atomic E-state index is 14.8. The van der Waals surface area contributed by atoms with Crippen molar-refractivity contribution in [2.24, 2.45) is 0 Å². The second-order valence-electron chi connectivity index (χ2n) is 9.83. The van der Waals surface area contributed by atoms with Gasteiger partial charge in [0.1, 0.15) is 23.5 Å². The molecule has 0 aliphatic carbocycles. The number of carbonyl (C=O) groups is 1. The second kappa shape index (κ2) is 10.7. The van der Waals surface area contributed by atoms with Crippen molar-refractivity contribution in [3.63, 3.8) is 0 Å². The number of methoxy groups -OCH3 is 1. The maximum atomic E-state index is 14.8. The summed E-state index contributed by atoms with van der Waals surface area (Å²) < 4.78 is 36.5. The fourth-order valence-electron chi connectivity index (χ4n) is 4.92. The van der Waals surface area contributed by atoms with Crippen molar-refractivity contribution in [3.05, 3.63) is 81.2 Å². The Kier molecular flexibility index (Phi) is 7.41. The van der Waals surface area contributed by atoms with E-state index < -0.39 is 17.7 Å². The van der Waals surface area contributed by atoms with Gasteiger partial charge in [-0.15, -0.1) is 0 Å². The zero-order chi connectivity index (χ0) is 28.9. The summed E-state index contributed by atoms with van der Waals surface area (Å²) in [4.78, 5) is 30.8. The van der Waals surface area contributed by atoms with E-state index in [1.54, 1.807) is 17.2 Å². The fourth-order valence-corrected chi connectivity index (χ4v) is 5.21.